The SMILES string of the molecule is CC(C)(C)c1ccc(C(=O)N[C@@H]2C(C)(C)[C@@H]3CC[C@]2(C)C3)cc1. The molecule has 1 aromatic carbocycles. The summed E-state index contributed by atoms with van der Waals surface area (Å²) in [4.78, 5) is 12.8. The molecule has 0 spiro atoms. The fourth-order valence-corrected chi connectivity index (χ4v) is 5.00. The van der Waals surface area contributed by atoms with Gasteiger partial charge >= 0.3 is 0 Å². The minimum Gasteiger partial charge on any atom is -0.348 e. The van der Waals surface area contributed by atoms with Gasteiger partial charge in [0.2, 0.25) is 0 Å². The minimum absolute atomic E-state index is 0.0808. The number of rotatable bonds is 2. The second-order valence-corrected chi connectivity index (χ2v) is 9.65. The fraction of sp³-hybridized carbons (Fsp3) is 0.667. The molecule has 0 aliphatic heterocycles. The summed E-state index contributed by atoms with van der Waals surface area (Å²) in [6.07, 6.45) is 3.82. The van der Waals surface area contributed by atoms with Crippen LogP contribution in [0.25, 0.3) is 0 Å². The van der Waals surface area contributed by atoms with Crippen molar-refractivity contribution in [2.75, 3.05) is 0 Å². The maximum atomic E-state index is 12.8. The lowest BCUT2D eigenvalue weighted by atomic mass is 9.68. The van der Waals surface area contributed by atoms with Crippen LogP contribution in [0.1, 0.15) is 76.7 Å². The number of benzene rings is 1. The molecular formula is C21H31NO. The number of carbonyl (C=O) groups is 1. The van der Waals surface area contributed by atoms with Gasteiger partial charge in [0.05, 0.1) is 0 Å². The lowest BCUT2D eigenvalue weighted by molar-refractivity contribution is 0.0737. The highest BCUT2D eigenvalue weighted by molar-refractivity contribution is 5.94. The van der Waals surface area contributed by atoms with Crippen LogP contribution in [0.15, 0.2) is 24.3 Å². The summed E-state index contributed by atoms with van der Waals surface area (Å²) in [5, 5.41) is 3.38. The number of nitrogens with one attached hydrogen (secondary N) is 1. The molecule has 2 bridgehead atoms. The Morgan fingerprint density at radius 1 is 1.13 bits per heavy atom. The van der Waals surface area contributed by atoms with E-state index in [4.69, 9.17) is 0 Å². The van der Waals surface area contributed by atoms with E-state index < -0.39 is 0 Å². The fourth-order valence-electron chi connectivity index (χ4n) is 5.00. The van der Waals surface area contributed by atoms with Gasteiger partial charge in [-0.25, -0.2) is 0 Å². The molecular weight excluding hydrogens is 282 g/mol. The molecule has 1 amide bonds. The number of hydrogen-bond acceptors (Lipinski definition) is 1. The average Bonchev–Trinajstić information content (AvgIpc) is 2.94. The number of amides is 1. The van der Waals surface area contributed by atoms with Gasteiger partial charge in [-0.15, -0.1) is 0 Å². The first-order chi connectivity index (χ1) is 10.5. The van der Waals surface area contributed by atoms with Crippen LogP contribution in [0.5, 0.6) is 0 Å². The minimum atomic E-state index is 0.0808. The zero-order valence-corrected chi connectivity index (χ0v) is 15.5. The molecule has 2 heteroatoms. The summed E-state index contributed by atoms with van der Waals surface area (Å²) in [6.45, 7) is 13.6. The van der Waals surface area contributed by atoms with E-state index in [9.17, 15) is 4.79 Å². The van der Waals surface area contributed by atoms with Crippen molar-refractivity contribution in [2.24, 2.45) is 16.7 Å². The molecule has 2 saturated carbocycles. The molecule has 2 fully saturated rings. The molecule has 23 heavy (non-hydrogen) atoms. The molecule has 0 heterocycles. The Bertz CT molecular complexity index is 603. The normalized spacial score (nSPS) is 32.1. The van der Waals surface area contributed by atoms with Crippen molar-refractivity contribution in [3.05, 3.63) is 35.4 Å². The van der Waals surface area contributed by atoms with Crippen molar-refractivity contribution in [3.8, 4) is 0 Å². The van der Waals surface area contributed by atoms with Crippen molar-refractivity contribution in [1.82, 2.24) is 5.32 Å². The van der Waals surface area contributed by atoms with Gasteiger partial charge in [-0.1, -0.05) is 53.7 Å². The Morgan fingerprint density at radius 3 is 2.22 bits per heavy atom. The van der Waals surface area contributed by atoms with E-state index in [1.165, 1.54) is 24.8 Å². The van der Waals surface area contributed by atoms with Crippen LogP contribution in [-0.2, 0) is 5.41 Å². The lowest BCUT2D eigenvalue weighted by Crippen LogP contribution is -2.52. The lowest BCUT2D eigenvalue weighted by Gasteiger charge is -2.43. The summed E-state index contributed by atoms with van der Waals surface area (Å²) in [5.74, 6) is 0.832. The zero-order valence-electron chi connectivity index (χ0n) is 15.5. The highest BCUT2D eigenvalue weighted by Gasteiger charge is 2.59. The summed E-state index contributed by atoms with van der Waals surface area (Å²) in [6, 6.07) is 8.39. The second-order valence-electron chi connectivity index (χ2n) is 9.65. The van der Waals surface area contributed by atoms with E-state index in [0.29, 0.717) is 0 Å². The van der Waals surface area contributed by atoms with Gasteiger partial charge in [0.25, 0.3) is 5.91 Å². The van der Waals surface area contributed by atoms with Crippen LogP contribution in [-0.4, -0.2) is 11.9 Å². The van der Waals surface area contributed by atoms with Crippen LogP contribution < -0.4 is 5.32 Å². The maximum absolute atomic E-state index is 12.8. The summed E-state index contributed by atoms with van der Waals surface area (Å²) in [5.41, 5.74) is 2.64. The zero-order chi connectivity index (χ0) is 17.0. The van der Waals surface area contributed by atoms with Gasteiger partial charge < -0.3 is 5.32 Å². The van der Waals surface area contributed by atoms with Crippen LogP contribution in [0.4, 0.5) is 0 Å². The molecule has 0 radical (unpaired) electrons. The Kier molecular flexibility index (Phi) is 3.66. The van der Waals surface area contributed by atoms with Crippen molar-refractivity contribution in [2.45, 2.75) is 72.3 Å². The average molecular weight is 313 g/mol. The largest absolute Gasteiger partial charge is 0.348 e. The Balaban J connectivity index is 1.77. The molecule has 1 N–H and O–H groups in total. The van der Waals surface area contributed by atoms with Gasteiger partial charge in [-0.3, -0.25) is 4.79 Å². The van der Waals surface area contributed by atoms with E-state index in [0.717, 1.165) is 11.5 Å². The molecule has 3 rings (SSSR count). The third-order valence-electron chi connectivity index (χ3n) is 6.56. The van der Waals surface area contributed by atoms with Crippen LogP contribution in [0, 0.1) is 16.7 Å². The molecule has 126 valence electrons. The number of hydrogen-bond donors (Lipinski definition) is 1. The van der Waals surface area contributed by atoms with Crippen LogP contribution in [0.3, 0.4) is 0 Å². The molecule has 0 saturated heterocycles. The molecule has 2 aliphatic rings. The topological polar surface area (TPSA) is 29.1 Å². The highest BCUT2D eigenvalue weighted by atomic mass is 16.1. The van der Waals surface area contributed by atoms with Gasteiger partial charge in [0.15, 0.2) is 0 Å². The summed E-state index contributed by atoms with van der Waals surface area (Å²) >= 11 is 0. The molecule has 2 nitrogen and oxygen atoms in total. The standard InChI is InChI=1S/C21H31NO/c1-19(2,3)15-9-7-14(8-10-15)17(23)22-18-20(4,5)16-11-12-21(18,6)13-16/h7-10,16,18H,11-13H2,1-6H3,(H,22,23)/t16-,18-,21-/m1/s1. The molecule has 1 aromatic rings. The van der Waals surface area contributed by atoms with Gasteiger partial charge in [0.1, 0.15) is 0 Å². The molecule has 0 aromatic heterocycles. The molecule has 0 unspecified atom stereocenters. The Morgan fingerprint density at radius 2 is 1.74 bits per heavy atom. The first-order valence-electron chi connectivity index (χ1n) is 8.95. The first kappa shape index (κ1) is 16.5. The summed E-state index contributed by atoms with van der Waals surface area (Å²) < 4.78 is 0. The van der Waals surface area contributed by atoms with E-state index in [1.807, 2.05) is 12.1 Å². The predicted octanol–water partition coefficient (Wildman–Crippen LogP) is 4.93. The van der Waals surface area contributed by atoms with E-state index >= 15 is 0 Å². The van der Waals surface area contributed by atoms with Gasteiger partial charge in [-0.05, 0) is 59.1 Å². The van der Waals surface area contributed by atoms with Crippen molar-refractivity contribution in [3.63, 3.8) is 0 Å². The van der Waals surface area contributed by atoms with Crippen LogP contribution >= 0.6 is 0 Å². The summed E-state index contributed by atoms with van der Waals surface area (Å²) in [7, 11) is 0. The monoisotopic (exact) mass is 313 g/mol. The molecule has 3 atom stereocenters. The predicted molar refractivity (Wildman–Crippen MR) is 95.6 cm³/mol. The third-order valence-corrected chi connectivity index (χ3v) is 6.56. The molecule has 2 aliphatic carbocycles. The second kappa shape index (κ2) is 5.09. The number of fused-ring (bicyclic) bond motifs is 2. The van der Waals surface area contributed by atoms with E-state index in [2.05, 4.69) is 59.0 Å². The first-order valence-corrected chi connectivity index (χ1v) is 8.95. The van der Waals surface area contributed by atoms with E-state index in [-0.39, 0.29) is 28.2 Å². The van der Waals surface area contributed by atoms with Crippen molar-refractivity contribution >= 4 is 5.91 Å². The third kappa shape index (κ3) is 2.70. The highest BCUT2D eigenvalue weighted by Crippen LogP contribution is 2.62. The number of carbonyl (C=O) groups excluding carboxylic acids is 1. The smallest absolute Gasteiger partial charge is 0.251 e. The van der Waals surface area contributed by atoms with Crippen LogP contribution in [0.2, 0.25) is 0 Å². The quantitative estimate of drug-likeness (QED) is 0.824. The van der Waals surface area contributed by atoms with Gasteiger partial charge in [0, 0.05) is 11.6 Å². The van der Waals surface area contributed by atoms with Crippen molar-refractivity contribution < 1.29 is 4.79 Å². The Hall–Kier alpha value is -1.31. The maximum Gasteiger partial charge on any atom is 0.251 e. The van der Waals surface area contributed by atoms with Crippen molar-refractivity contribution in [1.29, 1.82) is 0 Å². The Labute approximate surface area is 141 Å². The van der Waals surface area contributed by atoms with E-state index in [1.54, 1.807) is 0 Å². The van der Waals surface area contributed by atoms with Gasteiger partial charge in [-0.2, -0.15) is 0 Å².